The van der Waals surface area contributed by atoms with Crippen molar-refractivity contribution in [3.05, 3.63) is 28.8 Å². The van der Waals surface area contributed by atoms with Gasteiger partial charge in [-0.05, 0) is 35.6 Å². The Morgan fingerprint density at radius 1 is 1.40 bits per heavy atom. The number of hydrogen-bond donors (Lipinski definition) is 3. The van der Waals surface area contributed by atoms with Crippen molar-refractivity contribution in [1.29, 1.82) is 0 Å². The molecule has 0 spiro atoms. The predicted octanol–water partition coefficient (Wildman–Crippen LogP) is 0.445. The molecule has 1 aliphatic rings. The molecule has 0 saturated heterocycles. The lowest BCUT2D eigenvalue weighted by molar-refractivity contribution is -0.136. The van der Waals surface area contributed by atoms with Gasteiger partial charge in [-0.25, -0.2) is 0 Å². The zero-order valence-electron chi connectivity index (χ0n) is 8.23. The van der Waals surface area contributed by atoms with E-state index < -0.39 is 5.97 Å². The van der Waals surface area contributed by atoms with Crippen LogP contribution >= 0.6 is 0 Å². The van der Waals surface area contributed by atoms with Crippen LogP contribution in [0, 0.1) is 0 Å². The smallest absolute Gasteiger partial charge is 0.307 e. The van der Waals surface area contributed by atoms with E-state index in [4.69, 9.17) is 10.8 Å². The van der Waals surface area contributed by atoms with Crippen molar-refractivity contribution in [1.82, 2.24) is 0 Å². The highest BCUT2D eigenvalue weighted by Crippen LogP contribution is 2.32. The molecular weight excluding hydrogens is 194 g/mol. The van der Waals surface area contributed by atoms with E-state index >= 15 is 0 Å². The van der Waals surface area contributed by atoms with Crippen molar-refractivity contribution in [2.24, 2.45) is 5.73 Å². The van der Waals surface area contributed by atoms with Crippen LogP contribution < -0.4 is 5.73 Å². The Morgan fingerprint density at radius 2 is 2.07 bits per heavy atom. The molecule has 1 unspecified atom stereocenters. The number of phenols is 1. The van der Waals surface area contributed by atoms with Crippen LogP contribution in [0.1, 0.15) is 16.7 Å². The van der Waals surface area contributed by atoms with E-state index in [9.17, 15) is 9.90 Å². The largest absolute Gasteiger partial charge is 0.508 e. The molecule has 0 radical (unpaired) electrons. The zero-order chi connectivity index (χ0) is 11.0. The first-order chi connectivity index (χ1) is 7.08. The molecule has 4 nitrogen and oxygen atoms in total. The van der Waals surface area contributed by atoms with Gasteiger partial charge < -0.3 is 15.9 Å². The average Bonchev–Trinajstić information content (AvgIpc) is 2.52. The van der Waals surface area contributed by atoms with E-state index in [1.165, 1.54) is 0 Å². The fourth-order valence-electron chi connectivity index (χ4n) is 2.14. The molecular formula is C11H13NO3. The Morgan fingerprint density at radius 3 is 2.73 bits per heavy atom. The number of aromatic hydroxyl groups is 1. The van der Waals surface area contributed by atoms with Crippen molar-refractivity contribution < 1.29 is 15.0 Å². The van der Waals surface area contributed by atoms with Gasteiger partial charge in [-0.1, -0.05) is 6.07 Å². The van der Waals surface area contributed by atoms with Gasteiger partial charge in [0.25, 0.3) is 0 Å². The lowest BCUT2D eigenvalue weighted by Gasteiger charge is -2.07. The Hall–Kier alpha value is -1.55. The lowest BCUT2D eigenvalue weighted by Crippen LogP contribution is -2.19. The Bertz CT molecular complexity index is 415. The first kappa shape index (κ1) is 9.98. The van der Waals surface area contributed by atoms with E-state index in [-0.39, 0.29) is 18.2 Å². The summed E-state index contributed by atoms with van der Waals surface area (Å²) in [6, 6.07) is 3.22. The van der Waals surface area contributed by atoms with Gasteiger partial charge in [0.15, 0.2) is 0 Å². The van der Waals surface area contributed by atoms with Crippen LogP contribution in [0.15, 0.2) is 12.1 Å². The quantitative estimate of drug-likeness (QED) is 0.657. The van der Waals surface area contributed by atoms with Crippen LogP contribution in [-0.4, -0.2) is 22.2 Å². The summed E-state index contributed by atoms with van der Waals surface area (Å²) in [5, 5.41) is 18.3. The molecule has 0 aliphatic heterocycles. The van der Waals surface area contributed by atoms with Gasteiger partial charge in [0.2, 0.25) is 0 Å². The summed E-state index contributed by atoms with van der Waals surface area (Å²) in [6.45, 7) is 0. The van der Waals surface area contributed by atoms with Crippen LogP contribution in [0.25, 0.3) is 0 Å². The van der Waals surface area contributed by atoms with Gasteiger partial charge in [-0.3, -0.25) is 4.79 Å². The third-order valence-corrected chi connectivity index (χ3v) is 2.78. The summed E-state index contributed by atoms with van der Waals surface area (Å²) >= 11 is 0. The minimum Gasteiger partial charge on any atom is -0.508 e. The average molecular weight is 207 g/mol. The molecule has 2 rings (SSSR count). The van der Waals surface area contributed by atoms with Crippen molar-refractivity contribution >= 4 is 5.97 Å². The van der Waals surface area contributed by atoms with Crippen molar-refractivity contribution in [3.8, 4) is 5.75 Å². The second-order valence-corrected chi connectivity index (χ2v) is 3.94. The number of phenolic OH excluding ortho intramolecular Hbond substituents is 1. The molecule has 1 aromatic carbocycles. The molecule has 4 N–H and O–H groups in total. The highest BCUT2D eigenvalue weighted by Gasteiger charge is 2.24. The Balaban J connectivity index is 2.43. The van der Waals surface area contributed by atoms with Gasteiger partial charge in [0, 0.05) is 6.04 Å². The molecule has 0 heterocycles. The number of fused-ring (bicyclic) bond motifs is 1. The van der Waals surface area contributed by atoms with Gasteiger partial charge in [0.1, 0.15) is 5.75 Å². The maximum absolute atomic E-state index is 10.6. The highest BCUT2D eigenvalue weighted by molar-refractivity contribution is 5.71. The number of carboxylic acid groups (broad SMARTS) is 1. The summed E-state index contributed by atoms with van der Waals surface area (Å²) in [7, 11) is 0. The number of benzene rings is 1. The van der Waals surface area contributed by atoms with Crippen LogP contribution in [0.2, 0.25) is 0 Å². The molecule has 0 aromatic heterocycles. The van der Waals surface area contributed by atoms with Crippen molar-refractivity contribution in [3.63, 3.8) is 0 Å². The minimum atomic E-state index is -0.858. The van der Waals surface area contributed by atoms with Gasteiger partial charge in [-0.2, -0.15) is 0 Å². The molecule has 0 fully saturated rings. The second-order valence-electron chi connectivity index (χ2n) is 3.94. The number of rotatable bonds is 2. The molecule has 1 aliphatic carbocycles. The lowest BCUT2D eigenvalue weighted by atomic mass is 10.00. The topological polar surface area (TPSA) is 83.5 Å². The molecule has 4 heteroatoms. The normalized spacial score (nSPS) is 18.9. The Labute approximate surface area is 87.3 Å². The fraction of sp³-hybridized carbons (Fsp3) is 0.364. The standard InChI is InChI=1S/C11H13NO3/c12-7-4-8-6(3-11(14)15)1-2-10(13)9(8)5-7/h1-2,7,13H,3-5,12H2,(H,14,15). The first-order valence-electron chi connectivity index (χ1n) is 4.88. The van der Waals surface area contributed by atoms with Crippen LogP contribution in [0.3, 0.4) is 0 Å². The number of carboxylic acids is 1. The molecule has 1 aromatic rings. The zero-order valence-corrected chi connectivity index (χ0v) is 8.23. The summed E-state index contributed by atoms with van der Waals surface area (Å²) < 4.78 is 0. The minimum absolute atomic E-state index is 0.000782. The highest BCUT2D eigenvalue weighted by atomic mass is 16.4. The van der Waals surface area contributed by atoms with Gasteiger partial charge >= 0.3 is 5.97 Å². The molecule has 0 bridgehead atoms. The summed E-state index contributed by atoms with van der Waals surface area (Å²) in [5.74, 6) is -0.629. The van der Waals surface area contributed by atoms with Crippen LogP contribution in [-0.2, 0) is 24.1 Å². The van der Waals surface area contributed by atoms with Gasteiger partial charge in [0.05, 0.1) is 6.42 Å². The maximum atomic E-state index is 10.6. The summed E-state index contributed by atoms with van der Waals surface area (Å²) in [6.07, 6.45) is 1.29. The number of hydrogen-bond acceptors (Lipinski definition) is 3. The van der Waals surface area contributed by atoms with E-state index in [1.54, 1.807) is 12.1 Å². The van der Waals surface area contributed by atoms with E-state index in [0.29, 0.717) is 12.8 Å². The predicted molar refractivity (Wildman–Crippen MR) is 54.8 cm³/mol. The third kappa shape index (κ3) is 1.80. The van der Waals surface area contributed by atoms with Crippen molar-refractivity contribution in [2.75, 3.05) is 0 Å². The third-order valence-electron chi connectivity index (χ3n) is 2.78. The van der Waals surface area contributed by atoms with Gasteiger partial charge in [-0.15, -0.1) is 0 Å². The molecule has 0 amide bonds. The fourth-order valence-corrected chi connectivity index (χ4v) is 2.14. The first-order valence-corrected chi connectivity index (χ1v) is 4.88. The Kier molecular flexibility index (Phi) is 2.36. The molecule has 15 heavy (non-hydrogen) atoms. The monoisotopic (exact) mass is 207 g/mol. The van der Waals surface area contributed by atoms with E-state index in [0.717, 1.165) is 16.7 Å². The van der Waals surface area contributed by atoms with Crippen LogP contribution in [0.4, 0.5) is 0 Å². The second kappa shape index (κ2) is 3.55. The molecule has 80 valence electrons. The number of aliphatic carboxylic acids is 1. The number of nitrogens with two attached hydrogens (primary N) is 1. The maximum Gasteiger partial charge on any atom is 0.307 e. The van der Waals surface area contributed by atoms with E-state index in [1.807, 2.05) is 0 Å². The van der Waals surface area contributed by atoms with Crippen molar-refractivity contribution in [2.45, 2.75) is 25.3 Å². The summed E-state index contributed by atoms with van der Waals surface area (Å²) in [4.78, 5) is 10.6. The molecule has 1 atom stereocenters. The summed E-state index contributed by atoms with van der Waals surface area (Å²) in [5.41, 5.74) is 8.30. The molecule has 0 saturated carbocycles. The van der Waals surface area contributed by atoms with E-state index in [2.05, 4.69) is 0 Å². The van der Waals surface area contributed by atoms with Crippen LogP contribution in [0.5, 0.6) is 5.75 Å². The SMILES string of the molecule is NC1Cc2c(O)ccc(CC(=O)O)c2C1. The number of carbonyl (C=O) groups is 1.